The van der Waals surface area contributed by atoms with Crippen LogP contribution in [-0.2, 0) is 33.5 Å². The number of carbonyl (C=O) groups is 3. The highest BCUT2D eigenvalue weighted by molar-refractivity contribution is 9.10. The topological polar surface area (TPSA) is 120 Å². The van der Waals surface area contributed by atoms with Crippen molar-refractivity contribution in [3.8, 4) is 0 Å². The Hall–Kier alpha value is -2.64. The Balaban J connectivity index is 2.28. The van der Waals surface area contributed by atoms with Crippen LogP contribution < -0.4 is 0 Å². The van der Waals surface area contributed by atoms with E-state index in [0.29, 0.717) is 10.2 Å². The molecule has 1 aromatic rings. The number of rotatable bonds is 8. The number of benzene rings is 1. The van der Waals surface area contributed by atoms with Crippen molar-refractivity contribution in [2.24, 2.45) is 11.3 Å². The number of amides is 2. The van der Waals surface area contributed by atoms with Crippen molar-refractivity contribution in [1.29, 1.82) is 0 Å². The normalized spacial score (nSPS) is 23.2. The zero-order valence-corrected chi connectivity index (χ0v) is 28.0. The van der Waals surface area contributed by atoms with E-state index in [1.165, 1.54) is 30.2 Å². The molecule has 1 aliphatic heterocycles. The molecule has 2 aliphatic rings. The molecule has 41 heavy (non-hydrogen) atoms. The van der Waals surface area contributed by atoms with E-state index in [2.05, 4.69) is 56.4 Å². The standard InChI is InChI=1S/C28H39BrN2O8SSi/c1-9-15-30(26(34)38-6)23-18-21(39-41(7,8)27(2,3)4)17-19-14-16-31(24(32)28(19,23)25(33)37-5)40(35,36)22-12-10-20(29)11-13-22/h9-13,18-19,23H,1,14-17H2,2-8H3/t19-,23+,28+/m0/s1. The zero-order valence-electron chi connectivity index (χ0n) is 24.6. The van der Waals surface area contributed by atoms with Crippen molar-refractivity contribution in [1.82, 2.24) is 9.21 Å². The fraction of sp³-hybridized carbons (Fsp3) is 0.536. The SMILES string of the molecule is C=CCN(C(=O)OC)[C@@H]1C=C(O[Si](C)(C)C(C)(C)C)C[C@@H]2CCN(S(=O)(=O)c3ccc(Br)cc3)C(=O)[C@@]21C(=O)OC. The first-order chi connectivity index (χ1) is 19.0. The second kappa shape index (κ2) is 11.9. The molecule has 13 heteroatoms. The Morgan fingerprint density at radius 1 is 1.20 bits per heavy atom. The van der Waals surface area contributed by atoms with Crippen molar-refractivity contribution < 1.29 is 36.7 Å². The number of sulfonamides is 1. The second-order valence-electron chi connectivity index (χ2n) is 11.7. The minimum atomic E-state index is -4.35. The average Bonchev–Trinajstić information content (AvgIpc) is 2.89. The molecule has 3 atom stereocenters. The summed E-state index contributed by atoms with van der Waals surface area (Å²) in [6.07, 6.45) is 2.55. The lowest BCUT2D eigenvalue weighted by Gasteiger charge is -2.52. The predicted octanol–water partition coefficient (Wildman–Crippen LogP) is 5.08. The molecular weight excluding hydrogens is 632 g/mol. The van der Waals surface area contributed by atoms with Gasteiger partial charge in [-0.1, -0.05) is 42.8 Å². The largest absolute Gasteiger partial charge is 0.547 e. The van der Waals surface area contributed by atoms with Gasteiger partial charge in [0.2, 0.25) is 8.32 Å². The zero-order chi connectivity index (χ0) is 31.0. The number of halogens is 1. The Labute approximate surface area is 252 Å². The molecule has 0 N–H and O–H groups in total. The number of carbonyl (C=O) groups excluding carboxylic acids is 3. The maximum atomic E-state index is 14.5. The number of nitrogens with zero attached hydrogens (tertiary/aromatic N) is 2. The molecule has 1 aliphatic carbocycles. The molecule has 1 fully saturated rings. The Morgan fingerprint density at radius 2 is 1.80 bits per heavy atom. The third-order valence-electron chi connectivity index (χ3n) is 8.35. The minimum Gasteiger partial charge on any atom is -0.547 e. The molecule has 226 valence electrons. The van der Waals surface area contributed by atoms with Crippen LogP contribution in [-0.4, -0.2) is 77.3 Å². The molecule has 3 rings (SSSR count). The van der Waals surface area contributed by atoms with Crippen molar-refractivity contribution >= 4 is 52.2 Å². The molecule has 0 radical (unpaired) electrons. The first-order valence-electron chi connectivity index (χ1n) is 13.2. The molecule has 0 aromatic heterocycles. The summed E-state index contributed by atoms with van der Waals surface area (Å²) in [5, 5.41) is -0.151. The predicted molar refractivity (Wildman–Crippen MR) is 160 cm³/mol. The number of methoxy groups -OCH3 is 2. The Morgan fingerprint density at radius 3 is 2.32 bits per heavy atom. The third-order valence-corrected chi connectivity index (χ3v) is 15.1. The minimum absolute atomic E-state index is 0.0839. The summed E-state index contributed by atoms with van der Waals surface area (Å²) >= 11 is 3.29. The highest BCUT2D eigenvalue weighted by Crippen LogP contribution is 2.52. The molecule has 0 saturated carbocycles. The molecule has 1 aromatic carbocycles. The fourth-order valence-corrected chi connectivity index (χ4v) is 8.02. The first-order valence-corrected chi connectivity index (χ1v) is 18.4. The highest BCUT2D eigenvalue weighted by atomic mass is 79.9. The first kappa shape index (κ1) is 32.9. The molecular formula is C28H39BrN2O8SSi. The number of allylic oxidation sites excluding steroid dienone is 1. The lowest BCUT2D eigenvalue weighted by atomic mass is 9.61. The van der Waals surface area contributed by atoms with E-state index in [1.54, 1.807) is 18.2 Å². The van der Waals surface area contributed by atoms with E-state index in [0.717, 1.165) is 11.4 Å². The molecule has 1 heterocycles. The number of hydrogen-bond donors (Lipinski definition) is 0. The summed E-state index contributed by atoms with van der Waals surface area (Å²) in [4.78, 5) is 42.6. The number of piperidine rings is 1. The average molecular weight is 672 g/mol. The van der Waals surface area contributed by atoms with E-state index in [-0.39, 0.29) is 35.9 Å². The van der Waals surface area contributed by atoms with Crippen molar-refractivity contribution in [2.75, 3.05) is 27.3 Å². The van der Waals surface area contributed by atoms with E-state index in [1.807, 2.05) is 0 Å². The van der Waals surface area contributed by atoms with Gasteiger partial charge in [-0.3, -0.25) is 14.5 Å². The second-order valence-corrected chi connectivity index (χ2v) is 19.2. The maximum absolute atomic E-state index is 14.5. The summed E-state index contributed by atoms with van der Waals surface area (Å²) in [6.45, 7) is 13.9. The maximum Gasteiger partial charge on any atom is 0.410 e. The summed E-state index contributed by atoms with van der Waals surface area (Å²) in [5.74, 6) is -2.07. The summed E-state index contributed by atoms with van der Waals surface area (Å²) in [7, 11) is -4.39. The number of esters is 1. The fourth-order valence-electron chi connectivity index (χ4n) is 5.19. The van der Waals surface area contributed by atoms with Crippen LogP contribution in [0, 0.1) is 11.3 Å². The van der Waals surface area contributed by atoms with Crippen LogP contribution in [0.15, 0.2) is 58.1 Å². The molecule has 1 saturated heterocycles. The smallest absolute Gasteiger partial charge is 0.410 e. The van der Waals surface area contributed by atoms with Gasteiger partial charge in [0.05, 0.1) is 30.9 Å². The van der Waals surface area contributed by atoms with Crippen molar-refractivity contribution in [2.45, 2.75) is 62.7 Å². The lowest BCUT2D eigenvalue weighted by Crippen LogP contribution is -2.68. The number of ether oxygens (including phenoxy) is 2. The summed E-state index contributed by atoms with van der Waals surface area (Å²) in [6, 6.07) is 4.60. The van der Waals surface area contributed by atoms with Gasteiger partial charge in [-0.15, -0.1) is 6.58 Å². The quantitative estimate of drug-likeness (QED) is 0.163. The summed E-state index contributed by atoms with van der Waals surface area (Å²) in [5.41, 5.74) is -2.08. The van der Waals surface area contributed by atoms with Gasteiger partial charge in [0.1, 0.15) is 0 Å². The van der Waals surface area contributed by atoms with Crippen LogP contribution in [0.2, 0.25) is 18.1 Å². The number of fused-ring (bicyclic) bond motifs is 1. The van der Waals surface area contributed by atoms with Gasteiger partial charge < -0.3 is 13.9 Å². The van der Waals surface area contributed by atoms with Gasteiger partial charge in [0.15, 0.2) is 5.41 Å². The van der Waals surface area contributed by atoms with Gasteiger partial charge in [-0.05, 0) is 60.8 Å². The van der Waals surface area contributed by atoms with Gasteiger partial charge >= 0.3 is 12.1 Å². The summed E-state index contributed by atoms with van der Waals surface area (Å²) < 4.78 is 45.8. The van der Waals surface area contributed by atoms with Crippen LogP contribution in [0.4, 0.5) is 4.79 Å². The van der Waals surface area contributed by atoms with Gasteiger partial charge in [0.25, 0.3) is 15.9 Å². The van der Waals surface area contributed by atoms with E-state index in [4.69, 9.17) is 13.9 Å². The molecule has 2 amide bonds. The Kier molecular flexibility index (Phi) is 9.56. The third kappa shape index (κ3) is 5.85. The van der Waals surface area contributed by atoms with Crippen LogP contribution in [0.1, 0.15) is 33.6 Å². The van der Waals surface area contributed by atoms with Gasteiger partial charge in [-0.2, -0.15) is 0 Å². The number of hydrogen-bond acceptors (Lipinski definition) is 8. The van der Waals surface area contributed by atoms with Gasteiger partial charge in [-0.25, -0.2) is 17.5 Å². The molecule has 0 unspecified atom stereocenters. The highest BCUT2D eigenvalue weighted by Gasteiger charge is 2.66. The van der Waals surface area contributed by atoms with Crippen LogP contribution >= 0.6 is 15.9 Å². The van der Waals surface area contributed by atoms with Gasteiger partial charge in [0, 0.05) is 24.0 Å². The molecule has 0 bridgehead atoms. The monoisotopic (exact) mass is 670 g/mol. The van der Waals surface area contributed by atoms with E-state index < -0.39 is 53.7 Å². The lowest BCUT2D eigenvalue weighted by molar-refractivity contribution is -0.174. The van der Waals surface area contributed by atoms with Crippen LogP contribution in [0.5, 0.6) is 0 Å². The molecule has 0 spiro atoms. The Bertz CT molecular complexity index is 1340. The van der Waals surface area contributed by atoms with Crippen LogP contribution in [0.3, 0.4) is 0 Å². The van der Waals surface area contributed by atoms with Crippen LogP contribution in [0.25, 0.3) is 0 Å². The van der Waals surface area contributed by atoms with E-state index >= 15 is 0 Å². The van der Waals surface area contributed by atoms with Crippen molar-refractivity contribution in [3.05, 3.63) is 53.2 Å². The molecule has 10 nitrogen and oxygen atoms in total. The van der Waals surface area contributed by atoms with E-state index in [9.17, 15) is 22.8 Å². The van der Waals surface area contributed by atoms with Crippen molar-refractivity contribution in [3.63, 3.8) is 0 Å².